The van der Waals surface area contributed by atoms with Crippen molar-refractivity contribution in [1.82, 2.24) is 14.8 Å². The lowest BCUT2D eigenvalue weighted by Gasteiger charge is -2.27. The number of rotatable bonds is 3. The summed E-state index contributed by atoms with van der Waals surface area (Å²) in [5.74, 6) is 5.08. The van der Waals surface area contributed by atoms with Crippen LogP contribution in [0.3, 0.4) is 0 Å². The van der Waals surface area contributed by atoms with Gasteiger partial charge in [-0.15, -0.1) is 10.2 Å². The van der Waals surface area contributed by atoms with Gasteiger partial charge >= 0.3 is 0 Å². The topological polar surface area (TPSA) is 30.7 Å². The Morgan fingerprint density at radius 2 is 1.89 bits per heavy atom. The zero-order chi connectivity index (χ0) is 13.6. The summed E-state index contributed by atoms with van der Waals surface area (Å²) < 4.78 is 2.34. The molecular weight excluding hydrogens is 302 g/mol. The smallest absolute Gasteiger partial charge is 0.144 e. The van der Waals surface area contributed by atoms with Crippen molar-refractivity contribution in [3.8, 4) is 0 Å². The van der Waals surface area contributed by atoms with Crippen molar-refractivity contribution in [2.24, 2.45) is 17.8 Å². The second kappa shape index (κ2) is 4.87. The van der Waals surface area contributed by atoms with E-state index in [1.165, 1.54) is 31.5 Å². The number of halogens is 1. The van der Waals surface area contributed by atoms with Crippen LogP contribution >= 0.6 is 15.9 Å². The molecule has 19 heavy (non-hydrogen) atoms. The maximum Gasteiger partial charge on any atom is 0.144 e. The first kappa shape index (κ1) is 13.6. The van der Waals surface area contributed by atoms with E-state index in [0.717, 1.165) is 35.3 Å². The van der Waals surface area contributed by atoms with Crippen LogP contribution in [0, 0.1) is 17.8 Å². The van der Waals surface area contributed by atoms with E-state index in [4.69, 9.17) is 0 Å². The van der Waals surface area contributed by atoms with E-state index in [0.29, 0.717) is 0 Å². The van der Waals surface area contributed by atoms with Crippen LogP contribution in [0.4, 0.5) is 0 Å². The number of hydrogen-bond acceptors (Lipinski definition) is 2. The van der Waals surface area contributed by atoms with Crippen LogP contribution in [-0.2, 0) is 17.3 Å². The summed E-state index contributed by atoms with van der Waals surface area (Å²) in [4.78, 5) is 0. The summed E-state index contributed by atoms with van der Waals surface area (Å²) in [6.07, 6.45) is 6.94. The van der Waals surface area contributed by atoms with Crippen molar-refractivity contribution < 1.29 is 0 Å². The van der Waals surface area contributed by atoms with Gasteiger partial charge in [-0.05, 0) is 57.8 Å². The van der Waals surface area contributed by atoms with Crippen LogP contribution in [0.25, 0.3) is 0 Å². The molecule has 1 heterocycles. The Kier molecular flexibility index (Phi) is 3.48. The van der Waals surface area contributed by atoms with Gasteiger partial charge < -0.3 is 4.57 Å². The lowest BCUT2D eigenvalue weighted by Crippen LogP contribution is -2.27. The Morgan fingerprint density at radius 3 is 2.42 bits per heavy atom. The third-order valence-electron chi connectivity index (χ3n) is 4.92. The lowest BCUT2D eigenvalue weighted by molar-refractivity contribution is 0.306. The number of alkyl halides is 1. The van der Waals surface area contributed by atoms with Crippen LogP contribution in [0.1, 0.15) is 58.1 Å². The Balaban J connectivity index is 1.83. The first-order valence-corrected chi connectivity index (χ1v) is 8.60. The van der Waals surface area contributed by atoms with Crippen LogP contribution in [0.2, 0.25) is 0 Å². The van der Waals surface area contributed by atoms with E-state index in [1.807, 2.05) is 0 Å². The maximum absolute atomic E-state index is 4.48. The van der Waals surface area contributed by atoms with Crippen LogP contribution in [0.5, 0.6) is 0 Å². The average molecular weight is 326 g/mol. The molecular formula is C15H24BrN3. The summed E-state index contributed by atoms with van der Waals surface area (Å²) >= 11 is 3.54. The third-order valence-corrected chi connectivity index (χ3v) is 5.42. The zero-order valence-electron chi connectivity index (χ0n) is 12.2. The molecule has 0 aromatic carbocycles. The highest BCUT2D eigenvalue weighted by Crippen LogP contribution is 2.49. The Labute approximate surface area is 124 Å². The van der Waals surface area contributed by atoms with Gasteiger partial charge in [-0.3, -0.25) is 0 Å². The van der Waals surface area contributed by atoms with E-state index < -0.39 is 0 Å². The molecule has 3 unspecified atom stereocenters. The van der Waals surface area contributed by atoms with Crippen molar-refractivity contribution >= 4 is 15.9 Å². The Hall–Kier alpha value is -0.380. The summed E-state index contributed by atoms with van der Waals surface area (Å²) in [5.41, 5.74) is 0.0690. The first-order chi connectivity index (χ1) is 8.99. The second-order valence-corrected chi connectivity index (χ2v) is 7.87. The van der Waals surface area contributed by atoms with Gasteiger partial charge in [-0.25, -0.2) is 0 Å². The first-order valence-electron chi connectivity index (χ1n) is 7.48. The minimum Gasteiger partial charge on any atom is -0.309 e. The van der Waals surface area contributed by atoms with Gasteiger partial charge in [0.05, 0.1) is 5.33 Å². The fraction of sp³-hybridized carbons (Fsp3) is 0.867. The number of aromatic nitrogens is 3. The van der Waals surface area contributed by atoms with Crippen molar-refractivity contribution in [3.63, 3.8) is 0 Å². The second-order valence-electron chi connectivity index (χ2n) is 7.31. The minimum absolute atomic E-state index is 0.0690. The molecule has 2 aliphatic rings. The standard InChI is InChI=1S/C15H24BrN3/c1-15(2,3)19-13(17-18-14(19)9-16)8-12-7-10-4-5-11(12)6-10/h10-12H,4-9H2,1-3H3. The van der Waals surface area contributed by atoms with Gasteiger partial charge in [0.25, 0.3) is 0 Å². The molecule has 3 rings (SSSR count). The molecule has 0 aliphatic heterocycles. The molecule has 2 bridgehead atoms. The van der Waals surface area contributed by atoms with Gasteiger partial charge in [-0.2, -0.15) is 0 Å². The zero-order valence-corrected chi connectivity index (χ0v) is 13.8. The average Bonchev–Trinajstić information content (AvgIpc) is 3.01. The molecule has 1 aromatic heterocycles. The molecule has 0 saturated heterocycles. The molecule has 0 amide bonds. The van der Waals surface area contributed by atoms with Crippen molar-refractivity contribution in [3.05, 3.63) is 11.6 Å². The van der Waals surface area contributed by atoms with Crippen LogP contribution < -0.4 is 0 Å². The number of hydrogen-bond donors (Lipinski definition) is 0. The van der Waals surface area contributed by atoms with Gasteiger partial charge in [0.15, 0.2) is 0 Å². The fourth-order valence-corrected chi connectivity index (χ4v) is 4.57. The van der Waals surface area contributed by atoms with Crippen molar-refractivity contribution in [1.29, 1.82) is 0 Å². The predicted octanol–water partition coefficient (Wildman–Crippen LogP) is 3.91. The Morgan fingerprint density at radius 1 is 1.16 bits per heavy atom. The largest absolute Gasteiger partial charge is 0.309 e. The molecule has 1 aromatic rings. The molecule has 0 radical (unpaired) electrons. The molecule has 2 saturated carbocycles. The lowest BCUT2D eigenvalue weighted by atomic mass is 9.86. The van der Waals surface area contributed by atoms with Crippen molar-refractivity contribution in [2.75, 3.05) is 0 Å². The number of nitrogens with zero attached hydrogens (tertiary/aromatic N) is 3. The molecule has 2 fully saturated rings. The highest BCUT2D eigenvalue weighted by atomic mass is 79.9. The predicted molar refractivity (Wildman–Crippen MR) is 80.3 cm³/mol. The van der Waals surface area contributed by atoms with Gasteiger partial charge in [0, 0.05) is 12.0 Å². The molecule has 0 spiro atoms. The quantitative estimate of drug-likeness (QED) is 0.789. The van der Waals surface area contributed by atoms with Crippen LogP contribution in [0.15, 0.2) is 0 Å². The summed E-state index contributed by atoms with van der Waals surface area (Å²) in [5, 5.41) is 9.64. The molecule has 106 valence electrons. The number of fused-ring (bicyclic) bond motifs is 2. The van der Waals surface area contributed by atoms with Crippen molar-refractivity contribution in [2.45, 2.75) is 63.7 Å². The van der Waals surface area contributed by atoms with Crippen LogP contribution in [-0.4, -0.2) is 14.8 Å². The molecule has 0 N–H and O–H groups in total. The fourth-order valence-electron chi connectivity index (χ4n) is 4.21. The van der Waals surface area contributed by atoms with E-state index in [-0.39, 0.29) is 5.54 Å². The normalized spacial score (nSPS) is 30.2. The van der Waals surface area contributed by atoms with Gasteiger partial charge in [0.1, 0.15) is 11.6 Å². The highest BCUT2D eigenvalue weighted by molar-refractivity contribution is 9.08. The molecule has 2 aliphatic carbocycles. The highest BCUT2D eigenvalue weighted by Gasteiger charge is 2.40. The van der Waals surface area contributed by atoms with E-state index in [1.54, 1.807) is 0 Å². The van der Waals surface area contributed by atoms with Gasteiger partial charge in [0.2, 0.25) is 0 Å². The van der Waals surface area contributed by atoms with E-state index in [9.17, 15) is 0 Å². The van der Waals surface area contributed by atoms with Gasteiger partial charge in [-0.1, -0.05) is 22.4 Å². The molecule has 3 atom stereocenters. The molecule has 3 nitrogen and oxygen atoms in total. The monoisotopic (exact) mass is 325 g/mol. The summed E-state index contributed by atoms with van der Waals surface area (Å²) in [7, 11) is 0. The van der Waals surface area contributed by atoms with E-state index in [2.05, 4.69) is 51.5 Å². The summed E-state index contributed by atoms with van der Waals surface area (Å²) in [6, 6.07) is 0. The third kappa shape index (κ3) is 2.48. The van der Waals surface area contributed by atoms with E-state index >= 15 is 0 Å². The SMILES string of the molecule is CC(C)(C)n1c(CBr)nnc1CC1CC2CCC1C2. The minimum atomic E-state index is 0.0690. The molecule has 4 heteroatoms. The summed E-state index contributed by atoms with van der Waals surface area (Å²) in [6.45, 7) is 6.73. The maximum atomic E-state index is 4.48. The Bertz CT molecular complexity index is 460.